The van der Waals surface area contributed by atoms with Crippen molar-refractivity contribution in [2.75, 3.05) is 19.7 Å². The van der Waals surface area contributed by atoms with Gasteiger partial charge in [0.25, 0.3) is 0 Å². The molecule has 37 heavy (non-hydrogen) atoms. The molecule has 0 radical (unpaired) electrons. The van der Waals surface area contributed by atoms with Crippen LogP contribution in [-0.4, -0.2) is 43.8 Å². The molecule has 1 atom stereocenters. The Morgan fingerprint density at radius 3 is 2.51 bits per heavy atom. The summed E-state index contributed by atoms with van der Waals surface area (Å²) in [7, 11) is 0. The van der Waals surface area contributed by atoms with Gasteiger partial charge in [-0.2, -0.15) is 0 Å². The minimum Gasteiger partial charge on any atom is -0.491 e. The van der Waals surface area contributed by atoms with Crippen LogP contribution in [0.25, 0.3) is 0 Å². The predicted molar refractivity (Wildman–Crippen MR) is 143 cm³/mol. The molecule has 0 spiro atoms. The Morgan fingerprint density at radius 1 is 1.11 bits per heavy atom. The van der Waals surface area contributed by atoms with Crippen LogP contribution in [0.4, 0.5) is 4.39 Å². The molecule has 0 bridgehead atoms. The van der Waals surface area contributed by atoms with Crippen LogP contribution in [0.2, 0.25) is 0 Å². The summed E-state index contributed by atoms with van der Waals surface area (Å²) in [6.07, 6.45) is 3.67. The number of ether oxygens (including phenoxy) is 1. The number of primary amides is 1. The molecule has 0 saturated carbocycles. The lowest BCUT2D eigenvalue weighted by atomic mass is 10.1. The Balaban J connectivity index is 0.000000417. The van der Waals surface area contributed by atoms with Crippen LogP contribution in [0.1, 0.15) is 55.7 Å². The first-order chi connectivity index (χ1) is 17.8. The quantitative estimate of drug-likeness (QED) is 0.200. The predicted octanol–water partition coefficient (Wildman–Crippen LogP) is 2.93. The highest BCUT2D eigenvalue weighted by Gasteiger charge is 2.13. The fourth-order valence-corrected chi connectivity index (χ4v) is 3.34. The van der Waals surface area contributed by atoms with Gasteiger partial charge < -0.3 is 31.6 Å². The Hall–Kier alpha value is -3.30. The van der Waals surface area contributed by atoms with Crippen molar-refractivity contribution < 1.29 is 23.5 Å². The Morgan fingerprint density at radius 2 is 1.86 bits per heavy atom. The second-order valence-corrected chi connectivity index (χ2v) is 8.71. The summed E-state index contributed by atoms with van der Waals surface area (Å²) in [5.74, 6) is -1.23. The number of amides is 2. The number of carbonyl (C=O) groups excluding carboxylic acids is 3. The van der Waals surface area contributed by atoms with Crippen molar-refractivity contribution in [3.8, 4) is 5.75 Å². The van der Waals surface area contributed by atoms with Crippen LogP contribution in [0, 0.1) is 12.7 Å². The number of aryl methyl sites for hydroxylation is 2. The number of nitrogens with two attached hydrogens (primary N) is 2. The fraction of sp³-hybridized carbons (Fsp3) is 0.464. The van der Waals surface area contributed by atoms with E-state index in [0.717, 1.165) is 38.0 Å². The van der Waals surface area contributed by atoms with E-state index in [9.17, 15) is 18.8 Å². The number of hydrogen-bond acceptors (Lipinski definition) is 6. The lowest BCUT2D eigenvalue weighted by molar-refractivity contribution is -0.125. The Kier molecular flexibility index (Phi) is 16.2. The van der Waals surface area contributed by atoms with Crippen molar-refractivity contribution in [1.82, 2.24) is 10.6 Å². The van der Waals surface area contributed by atoms with E-state index in [-0.39, 0.29) is 31.1 Å². The average molecular weight is 517 g/mol. The van der Waals surface area contributed by atoms with Gasteiger partial charge in [0.05, 0.1) is 19.1 Å². The first kappa shape index (κ1) is 31.7. The number of carbonyl (C=O) groups is 3. The normalized spacial score (nSPS) is 11.1. The van der Waals surface area contributed by atoms with E-state index >= 15 is 0 Å². The van der Waals surface area contributed by atoms with Crippen LogP contribution in [0.5, 0.6) is 5.75 Å². The second-order valence-electron chi connectivity index (χ2n) is 8.71. The molecule has 0 fully saturated rings. The average Bonchev–Trinajstić information content (AvgIpc) is 2.87. The minimum absolute atomic E-state index is 0.183. The van der Waals surface area contributed by atoms with Gasteiger partial charge in [0, 0.05) is 13.0 Å². The van der Waals surface area contributed by atoms with Crippen molar-refractivity contribution in [2.45, 2.75) is 65.0 Å². The van der Waals surface area contributed by atoms with E-state index in [0.29, 0.717) is 19.1 Å². The smallest absolute Gasteiger partial charge is 0.220 e. The van der Waals surface area contributed by atoms with Gasteiger partial charge in [-0.15, -0.1) is 0 Å². The number of nitrogens with one attached hydrogen (secondary N) is 2. The molecule has 9 heteroatoms. The van der Waals surface area contributed by atoms with Gasteiger partial charge in [-0.05, 0) is 74.5 Å². The third-order valence-electron chi connectivity index (χ3n) is 5.36. The number of hydrogen-bond donors (Lipinski definition) is 4. The number of aldehydes is 1. The van der Waals surface area contributed by atoms with Gasteiger partial charge in [0.1, 0.15) is 6.29 Å². The zero-order chi connectivity index (χ0) is 27.5. The monoisotopic (exact) mass is 516 g/mol. The zero-order valence-corrected chi connectivity index (χ0v) is 21.9. The maximum Gasteiger partial charge on any atom is 0.220 e. The van der Waals surface area contributed by atoms with Gasteiger partial charge in [-0.1, -0.05) is 37.3 Å². The van der Waals surface area contributed by atoms with Crippen LogP contribution in [0.15, 0.2) is 42.5 Å². The van der Waals surface area contributed by atoms with Crippen LogP contribution >= 0.6 is 0 Å². The first-order valence-electron chi connectivity index (χ1n) is 12.7. The molecule has 0 heterocycles. The van der Waals surface area contributed by atoms with E-state index in [1.54, 1.807) is 19.1 Å². The van der Waals surface area contributed by atoms with Crippen LogP contribution in [-0.2, 0) is 27.3 Å². The van der Waals surface area contributed by atoms with Crippen molar-refractivity contribution in [1.29, 1.82) is 0 Å². The largest absolute Gasteiger partial charge is 0.491 e. The highest BCUT2D eigenvalue weighted by atomic mass is 19.1. The molecule has 2 amide bonds. The summed E-state index contributed by atoms with van der Waals surface area (Å²) >= 11 is 0. The van der Waals surface area contributed by atoms with Gasteiger partial charge in [0.2, 0.25) is 11.8 Å². The molecule has 204 valence electrons. The summed E-state index contributed by atoms with van der Waals surface area (Å²) in [4.78, 5) is 33.0. The molecule has 6 N–H and O–H groups in total. The second kappa shape index (κ2) is 18.9. The molecule has 2 rings (SSSR count). The first-order valence-corrected chi connectivity index (χ1v) is 12.7. The van der Waals surface area contributed by atoms with E-state index < -0.39 is 17.8 Å². The molecule has 0 aliphatic rings. The van der Waals surface area contributed by atoms with E-state index in [1.807, 2.05) is 0 Å². The lowest BCUT2D eigenvalue weighted by Gasteiger charge is -2.11. The standard InChI is InChI=1S/C16H21FN2O4.C12H20N2/c1-11-5-6-14(13(17)8-11)23-7-3-2-4-16(22)19-12(10-20)9-15(18)21;1-2-11-5-3-6-12(9-11)10-14-8-4-7-13/h5-6,8,10,12H,2-4,7,9H2,1H3,(H2,18,21)(H,19,22);3,5-6,9,14H,2,4,7-8,10,13H2,1H3. The summed E-state index contributed by atoms with van der Waals surface area (Å²) in [6, 6.07) is 12.5. The number of rotatable bonds is 16. The molecule has 2 aromatic rings. The van der Waals surface area contributed by atoms with Gasteiger partial charge in [-0.25, -0.2) is 4.39 Å². The van der Waals surface area contributed by atoms with Crippen molar-refractivity contribution in [3.05, 3.63) is 65.0 Å². The minimum atomic E-state index is -0.891. The summed E-state index contributed by atoms with van der Waals surface area (Å²) in [5.41, 5.74) is 14.0. The molecule has 8 nitrogen and oxygen atoms in total. The SMILES string of the molecule is CCc1cccc(CNCCCN)c1.Cc1ccc(OCCCCC(=O)NC(C=O)CC(N)=O)c(F)c1. The maximum atomic E-state index is 13.5. The summed E-state index contributed by atoms with van der Waals surface area (Å²) in [5, 5.41) is 5.79. The molecule has 1 unspecified atom stereocenters. The van der Waals surface area contributed by atoms with Crippen LogP contribution in [0.3, 0.4) is 0 Å². The molecular weight excluding hydrogens is 475 g/mol. The third kappa shape index (κ3) is 14.8. The van der Waals surface area contributed by atoms with E-state index in [1.165, 1.54) is 17.2 Å². The molecule has 0 aliphatic carbocycles. The highest BCUT2D eigenvalue weighted by Crippen LogP contribution is 2.18. The molecule has 0 aromatic heterocycles. The van der Waals surface area contributed by atoms with Crippen molar-refractivity contribution in [3.63, 3.8) is 0 Å². The Bertz CT molecular complexity index is 971. The number of unbranched alkanes of at least 4 members (excludes halogenated alkanes) is 1. The Labute approximate surface area is 219 Å². The van der Waals surface area contributed by atoms with E-state index in [2.05, 4.69) is 41.8 Å². The van der Waals surface area contributed by atoms with E-state index in [4.69, 9.17) is 16.2 Å². The van der Waals surface area contributed by atoms with Gasteiger partial charge in [-0.3, -0.25) is 9.59 Å². The topological polar surface area (TPSA) is 137 Å². The fourth-order valence-electron chi connectivity index (χ4n) is 3.34. The van der Waals surface area contributed by atoms with Crippen molar-refractivity contribution >= 4 is 18.1 Å². The summed E-state index contributed by atoms with van der Waals surface area (Å²) in [6.45, 7) is 6.98. The van der Waals surface area contributed by atoms with Crippen LogP contribution < -0.4 is 26.8 Å². The molecule has 2 aromatic carbocycles. The zero-order valence-electron chi connectivity index (χ0n) is 21.9. The molecular formula is C28H41FN4O4. The van der Waals surface area contributed by atoms with Crippen molar-refractivity contribution in [2.24, 2.45) is 11.5 Å². The molecule has 0 saturated heterocycles. The highest BCUT2D eigenvalue weighted by molar-refractivity contribution is 5.83. The number of halogens is 1. The molecule has 0 aliphatic heterocycles. The maximum absolute atomic E-state index is 13.5. The third-order valence-corrected chi connectivity index (χ3v) is 5.36. The van der Waals surface area contributed by atoms with Gasteiger partial charge >= 0.3 is 0 Å². The lowest BCUT2D eigenvalue weighted by Crippen LogP contribution is -2.38. The summed E-state index contributed by atoms with van der Waals surface area (Å²) < 4.78 is 18.8. The number of benzene rings is 2. The van der Waals surface area contributed by atoms with Gasteiger partial charge in [0.15, 0.2) is 11.6 Å².